The highest BCUT2D eigenvalue weighted by Crippen LogP contribution is 2.32. The first-order valence-corrected chi connectivity index (χ1v) is 5.77. The van der Waals surface area contributed by atoms with Gasteiger partial charge in [0.2, 0.25) is 0 Å². The molecule has 1 aliphatic rings. The molecule has 19 heavy (non-hydrogen) atoms. The smallest absolute Gasteiger partial charge is 0.348 e. The van der Waals surface area contributed by atoms with Gasteiger partial charge in [-0.1, -0.05) is 6.07 Å². The Bertz CT molecular complexity index is 481. The summed E-state index contributed by atoms with van der Waals surface area (Å²) in [5.41, 5.74) is -2.01. The number of carbonyl (C=O) groups is 1. The van der Waals surface area contributed by atoms with Gasteiger partial charge in [0.1, 0.15) is 5.82 Å². The predicted molar refractivity (Wildman–Crippen MR) is 60.1 cm³/mol. The fraction of sp³-hybridized carbons (Fsp3) is 0.417. The van der Waals surface area contributed by atoms with E-state index in [2.05, 4.69) is 10.6 Å². The molecule has 1 saturated heterocycles. The molecule has 104 valence electrons. The molecule has 1 aromatic carbocycles. The zero-order chi connectivity index (χ0) is 14.0. The van der Waals surface area contributed by atoms with Gasteiger partial charge < -0.3 is 10.6 Å². The van der Waals surface area contributed by atoms with E-state index in [0.717, 1.165) is 18.7 Å². The molecule has 1 fully saturated rings. The highest BCUT2D eigenvalue weighted by molar-refractivity contribution is 5.95. The summed E-state index contributed by atoms with van der Waals surface area (Å²) >= 11 is 0. The Kier molecular flexibility index (Phi) is 3.75. The summed E-state index contributed by atoms with van der Waals surface area (Å²) in [5, 5.41) is 5.50. The van der Waals surface area contributed by atoms with Crippen molar-refractivity contribution in [2.75, 3.05) is 13.1 Å². The molecule has 3 nitrogen and oxygen atoms in total. The fourth-order valence-electron chi connectivity index (χ4n) is 1.97. The summed E-state index contributed by atoms with van der Waals surface area (Å²) in [5.74, 6) is -2.35. The summed E-state index contributed by atoms with van der Waals surface area (Å²) in [4.78, 5) is 11.8. The number of hydrogen-bond donors (Lipinski definition) is 2. The van der Waals surface area contributed by atoms with Gasteiger partial charge in [-0.25, -0.2) is 4.39 Å². The standard InChI is InChI=1S/C12H12F4N2O/c13-10-8(2-1-3-9(10)12(14,15)16)11(19)18-7-4-5-17-6-7/h1-3,7,17H,4-6H2,(H,18,19). The summed E-state index contributed by atoms with van der Waals surface area (Å²) in [6.45, 7) is 1.25. The first-order chi connectivity index (χ1) is 8.89. The quantitative estimate of drug-likeness (QED) is 0.810. The summed E-state index contributed by atoms with van der Waals surface area (Å²) in [6, 6.07) is 2.50. The topological polar surface area (TPSA) is 41.1 Å². The monoisotopic (exact) mass is 276 g/mol. The lowest BCUT2D eigenvalue weighted by molar-refractivity contribution is -0.140. The summed E-state index contributed by atoms with van der Waals surface area (Å²) < 4.78 is 51.2. The van der Waals surface area contributed by atoms with Crippen molar-refractivity contribution in [3.8, 4) is 0 Å². The number of rotatable bonds is 2. The molecular formula is C12H12F4N2O. The molecule has 1 heterocycles. The third kappa shape index (κ3) is 3.04. The Hall–Kier alpha value is -1.63. The van der Waals surface area contributed by atoms with Crippen molar-refractivity contribution < 1.29 is 22.4 Å². The van der Waals surface area contributed by atoms with Crippen LogP contribution < -0.4 is 10.6 Å². The van der Waals surface area contributed by atoms with Crippen LogP contribution in [0.2, 0.25) is 0 Å². The highest BCUT2D eigenvalue weighted by Gasteiger charge is 2.35. The van der Waals surface area contributed by atoms with Gasteiger partial charge in [0, 0.05) is 12.6 Å². The minimum atomic E-state index is -4.81. The summed E-state index contributed by atoms with van der Waals surface area (Å²) in [7, 11) is 0. The average molecular weight is 276 g/mol. The maximum absolute atomic E-state index is 13.7. The van der Waals surface area contributed by atoms with Crippen molar-refractivity contribution in [2.45, 2.75) is 18.6 Å². The van der Waals surface area contributed by atoms with E-state index in [1.807, 2.05) is 0 Å². The molecule has 0 saturated carbocycles. The van der Waals surface area contributed by atoms with Gasteiger partial charge >= 0.3 is 6.18 Å². The maximum atomic E-state index is 13.7. The number of alkyl halides is 3. The van der Waals surface area contributed by atoms with Gasteiger partial charge in [0.15, 0.2) is 0 Å². The molecule has 0 aliphatic carbocycles. The lowest BCUT2D eigenvalue weighted by atomic mass is 10.1. The second kappa shape index (κ2) is 5.16. The van der Waals surface area contributed by atoms with Crippen molar-refractivity contribution in [1.29, 1.82) is 0 Å². The molecule has 0 aromatic heterocycles. The Balaban J connectivity index is 2.22. The van der Waals surface area contributed by atoms with Crippen molar-refractivity contribution in [2.24, 2.45) is 0 Å². The van der Waals surface area contributed by atoms with Crippen molar-refractivity contribution in [3.63, 3.8) is 0 Å². The van der Waals surface area contributed by atoms with Gasteiger partial charge in [-0.2, -0.15) is 13.2 Å². The summed E-state index contributed by atoms with van der Waals surface area (Å²) in [6.07, 6.45) is -4.14. The van der Waals surface area contributed by atoms with E-state index in [-0.39, 0.29) is 6.04 Å². The lowest BCUT2D eigenvalue weighted by Crippen LogP contribution is -2.36. The molecule has 7 heteroatoms. The van der Waals surface area contributed by atoms with Crippen molar-refractivity contribution in [3.05, 3.63) is 35.1 Å². The van der Waals surface area contributed by atoms with Crippen molar-refractivity contribution in [1.82, 2.24) is 10.6 Å². The lowest BCUT2D eigenvalue weighted by Gasteiger charge is -2.14. The number of carbonyl (C=O) groups excluding carboxylic acids is 1. The molecule has 1 aromatic rings. The second-order valence-corrected chi connectivity index (χ2v) is 4.33. The molecule has 0 spiro atoms. The average Bonchev–Trinajstić information content (AvgIpc) is 2.80. The normalized spacial score (nSPS) is 19.5. The molecule has 0 bridgehead atoms. The molecule has 1 unspecified atom stereocenters. The number of halogens is 4. The van der Waals surface area contributed by atoms with Crippen LogP contribution in [-0.2, 0) is 6.18 Å². The third-order valence-corrected chi connectivity index (χ3v) is 2.94. The molecule has 1 amide bonds. The first kappa shape index (κ1) is 13.8. The van der Waals surface area contributed by atoms with Crippen LogP contribution in [0.3, 0.4) is 0 Å². The first-order valence-electron chi connectivity index (χ1n) is 5.77. The van der Waals surface area contributed by atoms with Crippen LogP contribution in [0.15, 0.2) is 18.2 Å². The van der Waals surface area contributed by atoms with Crippen LogP contribution in [0.1, 0.15) is 22.3 Å². The SMILES string of the molecule is O=C(NC1CCNC1)c1cccc(C(F)(F)F)c1F. The van der Waals surface area contributed by atoms with Crippen LogP contribution >= 0.6 is 0 Å². The largest absolute Gasteiger partial charge is 0.419 e. The molecule has 2 N–H and O–H groups in total. The van der Waals surface area contributed by atoms with Gasteiger partial charge in [-0.05, 0) is 25.1 Å². The molecule has 1 aliphatic heterocycles. The van der Waals surface area contributed by atoms with Crippen LogP contribution in [0.25, 0.3) is 0 Å². The minimum absolute atomic E-state index is 0.179. The number of hydrogen-bond acceptors (Lipinski definition) is 2. The Labute approximate surface area is 107 Å². The van der Waals surface area contributed by atoms with E-state index >= 15 is 0 Å². The highest BCUT2D eigenvalue weighted by atomic mass is 19.4. The Morgan fingerprint density at radius 3 is 2.68 bits per heavy atom. The zero-order valence-corrected chi connectivity index (χ0v) is 9.85. The minimum Gasteiger partial charge on any atom is -0.348 e. The van der Waals surface area contributed by atoms with Crippen LogP contribution in [0, 0.1) is 5.82 Å². The molecular weight excluding hydrogens is 264 g/mol. The van der Waals surface area contributed by atoms with Crippen LogP contribution in [0.4, 0.5) is 17.6 Å². The van der Waals surface area contributed by atoms with Gasteiger partial charge in [-0.3, -0.25) is 4.79 Å². The van der Waals surface area contributed by atoms with E-state index in [1.54, 1.807) is 0 Å². The number of nitrogens with one attached hydrogen (secondary N) is 2. The zero-order valence-electron chi connectivity index (χ0n) is 9.85. The second-order valence-electron chi connectivity index (χ2n) is 4.33. The predicted octanol–water partition coefficient (Wildman–Crippen LogP) is 1.94. The van der Waals surface area contributed by atoms with E-state index in [0.29, 0.717) is 19.0 Å². The molecule has 2 rings (SSSR count). The number of benzene rings is 1. The number of amides is 1. The van der Waals surface area contributed by atoms with Crippen LogP contribution in [-0.4, -0.2) is 25.0 Å². The Morgan fingerprint density at radius 1 is 1.37 bits per heavy atom. The molecule has 1 atom stereocenters. The Morgan fingerprint density at radius 2 is 2.11 bits per heavy atom. The third-order valence-electron chi connectivity index (χ3n) is 2.94. The molecule has 0 radical (unpaired) electrons. The van der Waals surface area contributed by atoms with E-state index in [9.17, 15) is 22.4 Å². The van der Waals surface area contributed by atoms with E-state index in [1.165, 1.54) is 0 Å². The maximum Gasteiger partial charge on any atom is 0.419 e. The van der Waals surface area contributed by atoms with Gasteiger partial charge in [0.25, 0.3) is 5.91 Å². The van der Waals surface area contributed by atoms with Gasteiger partial charge in [0.05, 0.1) is 11.1 Å². The van der Waals surface area contributed by atoms with E-state index in [4.69, 9.17) is 0 Å². The fourth-order valence-corrected chi connectivity index (χ4v) is 1.97. The van der Waals surface area contributed by atoms with Crippen LogP contribution in [0.5, 0.6) is 0 Å². The van der Waals surface area contributed by atoms with Gasteiger partial charge in [-0.15, -0.1) is 0 Å². The van der Waals surface area contributed by atoms with E-state index < -0.39 is 29.0 Å². The van der Waals surface area contributed by atoms with Crippen molar-refractivity contribution >= 4 is 5.91 Å².